The first-order chi connectivity index (χ1) is 18.1. The molecule has 1 aromatic carbocycles. The molecule has 3 heterocycles. The van der Waals surface area contributed by atoms with E-state index in [4.69, 9.17) is 14.2 Å². The highest BCUT2D eigenvalue weighted by atomic mass is 79.9. The molecule has 0 bridgehead atoms. The zero-order valence-corrected chi connectivity index (χ0v) is 24.0. The summed E-state index contributed by atoms with van der Waals surface area (Å²) in [6.45, 7) is 4.89. The van der Waals surface area contributed by atoms with Crippen LogP contribution in [0.1, 0.15) is 55.9 Å². The minimum Gasteiger partial charge on any atom is -0.496 e. The predicted molar refractivity (Wildman–Crippen MR) is 147 cm³/mol. The molecule has 0 radical (unpaired) electrons. The summed E-state index contributed by atoms with van der Waals surface area (Å²) in [6, 6.07) is 7.10. The number of aryl methyl sites for hydroxylation is 1. The van der Waals surface area contributed by atoms with E-state index in [0.29, 0.717) is 29.2 Å². The number of nitrogens with zero attached hydrogens (tertiary/aromatic N) is 2. The van der Waals surface area contributed by atoms with Crippen molar-refractivity contribution >= 4 is 43.5 Å². The first kappa shape index (κ1) is 27.1. The Balaban J connectivity index is 1.63. The number of thiophene rings is 1. The summed E-state index contributed by atoms with van der Waals surface area (Å²) in [7, 11) is 1.60. The van der Waals surface area contributed by atoms with E-state index in [0.717, 1.165) is 27.8 Å². The Morgan fingerprint density at radius 3 is 2.61 bits per heavy atom. The number of carbonyl (C=O) groups is 1. The number of fused-ring (bicyclic) bond motifs is 1. The lowest BCUT2D eigenvalue weighted by Crippen LogP contribution is -2.51. The highest BCUT2D eigenvalue weighted by molar-refractivity contribution is 9.11. The molecular weight excluding hydrogens is 576 g/mol. The van der Waals surface area contributed by atoms with Crippen LogP contribution in [0.4, 0.5) is 0 Å². The fraction of sp³-hybridized carbons (Fsp3) is 0.519. The molecule has 2 fully saturated rings. The maximum Gasteiger partial charge on any atom is 0.332 e. The Bertz CT molecular complexity index is 1480. The molecule has 0 amide bonds. The van der Waals surface area contributed by atoms with Gasteiger partial charge in [-0.15, -0.1) is 11.3 Å². The van der Waals surface area contributed by atoms with Gasteiger partial charge in [0.15, 0.2) is 0 Å². The average molecular weight is 608 g/mol. The lowest BCUT2D eigenvalue weighted by Gasteiger charge is -2.42. The molecule has 204 valence electrons. The zero-order valence-electron chi connectivity index (χ0n) is 21.6. The van der Waals surface area contributed by atoms with Crippen LogP contribution in [0.2, 0.25) is 0 Å². The van der Waals surface area contributed by atoms with Crippen molar-refractivity contribution < 1.29 is 24.1 Å². The number of hydrogen-bond acceptors (Lipinski definition) is 7. The van der Waals surface area contributed by atoms with E-state index in [1.54, 1.807) is 18.6 Å². The van der Waals surface area contributed by atoms with Gasteiger partial charge in [-0.2, -0.15) is 0 Å². The first-order valence-corrected chi connectivity index (χ1v) is 14.3. The van der Waals surface area contributed by atoms with Crippen LogP contribution in [0.5, 0.6) is 5.75 Å². The van der Waals surface area contributed by atoms with Gasteiger partial charge < -0.3 is 19.3 Å². The second kappa shape index (κ2) is 10.6. The Kier molecular flexibility index (Phi) is 7.56. The molecule has 0 spiro atoms. The molecular formula is C27H31BrN2O7S. The minimum atomic E-state index is -0.952. The van der Waals surface area contributed by atoms with Gasteiger partial charge in [0.2, 0.25) is 0 Å². The number of carboxylic acid groups (broad SMARTS) is 1. The summed E-state index contributed by atoms with van der Waals surface area (Å²) in [5.41, 5.74) is -0.209. The van der Waals surface area contributed by atoms with E-state index < -0.39 is 29.2 Å². The van der Waals surface area contributed by atoms with Crippen molar-refractivity contribution in [2.75, 3.05) is 20.3 Å². The van der Waals surface area contributed by atoms with E-state index >= 15 is 0 Å². The maximum atomic E-state index is 14.0. The van der Waals surface area contributed by atoms with Crippen LogP contribution in [0, 0.1) is 12.3 Å². The third-order valence-corrected chi connectivity index (χ3v) is 9.98. The summed E-state index contributed by atoms with van der Waals surface area (Å²) in [5, 5.41) is 10.1. The lowest BCUT2D eigenvalue weighted by atomic mass is 9.67. The molecule has 1 atom stereocenters. The third kappa shape index (κ3) is 4.74. The fourth-order valence-electron chi connectivity index (χ4n) is 5.52. The van der Waals surface area contributed by atoms with Gasteiger partial charge in [-0.1, -0.05) is 18.2 Å². The van der Waals surface area contributed by atoms with Crippen LogP contribution in [0.15, 0.2) is 37.6 Å². The van der Waals surface area contributed by atoms with Gasteiger partial charge in [-0.05, 0) is 67.1 Å². The Labute approximate surface area is 232 Å². The van der Waals surface area contributed by atoms with Gasteiger partial charge in [-0.25, -0.2) is 4.79 Å². The Morgan fingerprint density at radius 1 is 1.26 bits per heavy atom. The van der Waals surface area contributed by atoms with Crippen molar-refractivity contribution in [1.29, 1.82) is 0 Å². The maximum absolute atomic E-state index is 14.0. The standard InChI is InChI=1S/C27H31BrN2O7S/c1-15-21-23(31)30(16-12-27(2,13-16)25(32)33)26(34)29(24(21)38-22(15)28)14-20(37-17-8-10-36-11-9-17)18-6-4-5-7-19(18)35-3/h4-7,16-17,20H,8-14H2,1-3H3,(H,32,33)/t16?,20-,27?/m0/s1. The molecule has 5 rings (SSSR count). The summed E-state index contributed by atoms with van der Waals surface area (Å²) < 4.78 is 21.4. The van der Waals surface area contributed by atoms with E-state index in [1.165, 1.54) is 15.9 Å². The van der Waals surface area contributed by atoms with Gasteiger partial charge in [-0.3, -0.25) is 18.7 Å². The van der Waals surface area contributed by atoms with Gasteiger partial charge in [0, 0.05) is 24.8 Å². The number of carboxylic acids is 1. The smallest absolute Gasteiger partial charge is 0.332 e. The number of methoxy groups -OCH3 is 1. The average Bonchev–Trinajstić information content (AvgIpc) is 3.19. The van der Waals surface area contributed by atoms with Crippen LogP contribution >= 0.6 is 27.3 Å². The van der Waals surface area contributed by atoms with Crippen molar-refractivity contribution in [1.82, 2.24) is 9.13 Å². The number of para-hydroxylation sites is 1. The highest BCUT2D eigenvalue weighted by Gasteiger charge is 2.48. The molecule has 1 saturated carbocycles. The van der Waals surface area contributed by atoms with Crippen molar-refractivity contribution in [3.8, 4) is 5.75 Å². The second-order valence-electron chi connectivity index (χ2n) is 10.4. The third-order valence-electron chi connectivity index (χ3n) is 7.80. The molecule has 2 aliphatic rings. The Morgan fingerprint density at radius 2 is 1.95 bits per heavy atom. The van der Waals surface area contributed by atoms with Crippen LogP contribution in [-0.4, -0.2) is 46.6 Å². The molecule has 11 heteroatoms. The molecule has 1 aliphatic carbocycles. The second-order valence-corrected chi connectivity index (χ2v) is 12.7. The van der Waals surface area contributed by atoms with Crippen molar-refractivity contribution in [2.45, 2.75) is 64.3 Å². The molecule has 3 aromatic rings. The first-order valence-electron chi connectivity index (χ1n) is 12.7. The number of hydrogen-bond donors (Lipinski definition) is 1. The number of aromatic nitrogens is 2. The quantitative estimate of drug-likeness (QED) is 0.397. The zero-order chi connectivity index (χ0) is 27.2. The van der Waals surface area contributed by atoms with Crippen molar-refractivity contribution in [2.24, 2.45) is 5.41 Å². The molecule has 9 nitrogen and oxygen atoms in total. The van der Waals surface area contributed by atoms with E-state index in [9.17, 15) is 19.5 Å². The number of ether oxygens (including phenoxy) is 3. The molecule has 0 unspecified atom stereocenters. The van der Waals surface area contributed by atoms with Crippen LogP contribution in [-0.2, 0) is 20.8 Å². The van der Waals surface area contributed by atoms with E-state index in [-0.39, 0.29) is 31.0 Å². The topological polar surface area (TPSA) is 109 Å². The number of rotatable bonds is 8. The van der Waals surface area contributed by atoms with Crippen LogP contribution in [0.25, 0.3) is 10.2 Å². The summed E-state index contributed by atoms with van der Waals surface area (Å²) in [4.78, 5) is 40.0. The molecule has 1 N–H and O–H groups in total. The van der Waals surface area contributed by atoms with Crippen molar-refractivity contribution in [3.63, 3.8) is 0 Å². The van der Waals surface area contributed by atoms with E-state index in [2.05, 4.69) is 15.9 Å². The summed E-state index contributed by atoms with van der Waals surface area (Å²) >= 11 is 4.90. The van der Waals surface area contributed by atoms with Crippen LogP contribution < -0.4 is 16.0 Å². The molecule has 1 saturated heterocycles. The van der Waals surface area contributed by atoms with Gasteiger partial charge >= 0.3 is 11.7 Å². The van der Waals surface area contributed by atoms with Crippen LogP contribution in [0.3, 0.4) is 0 Å². The van der Waals surface area contributed by atoms with E-state index in [1.807, 2.05) is 31.2 Å². The number of benzene rings is 1. The monoisotopic (exact) mass is 606 g/mol. The summed E-state index contributed by atoms with van der Waals surface area (Å²) in [6.07, 6.45) is 1.37. The number of halogens is 1. The van der Waals surface area contributed by atoms with Gasteiger partial charge in [0.25, 0.3) is 5.56 Å². The fourth-order valence-corrected chi connectivity index (χ4v) is 7.20. The predicted octanol–water partition coefficient (Wildman–Crippen LogP) is 4.67. The largest absolute Gasteiger partial charge is 0.496 e. The molecule has 1 aliphatic heterocycles. The minimum absolute atomic E-state index is 0.0459. The van der Waals surface area contributed by atoms with Gasteiger partial charge in [0.05, 0.1) is 34.3 Å². The van der Waals surface area contributed by atoms with Crippen molar-refractivity contribution in [3.05, 3.63) is 60.0 Å². The normalized spacial score (nSPS) is 22.8. The highest BCUT2D eigenvalue weighted by Crippen LogP contribution is 2.47. The lowest BCUT2D eigenvalue weighted by molar-refractivity contribution is -0.155. The Hall–Kier alpha value is -2.47. The van der Waals surface area contributed by atoms with Gasteiger partial charge in [0.1, 0.15) is 16.7 Å². The molecule has 38 heavy (non-hydrogen) atoms. The molecule has 2 aromatic heterocycles. The number of aliphatic carboxylic acids is 1. The SMILES string of the molecule is COc1ccccc1[C@H](Cn1c(=O)n(C2CC(C)(C(=O)O)C2)c(=O)c2c(C)c(Br)sc21)OC1CCOCC1. The summed E-state index contributed by atoms with van der Waals surface area (Å²) in [5.74, 6) is -0.263.